The van der Waals surface area contributed by atoms with E-state index in [1.54, 1.807) is 31.6 Å². The third kappa shape index (κ3) is 3.05. The Labute approximate surface area is 144 Å². The van der Waals surface area contributed by atoms with E-state index in [1.807, 2.05) is 5.38 Å². The Kier molecular flexibility index (Phi) is 4.82. The SMILES string of the molecule is CNC(=O)[C@@H]1CCC[C@H]1c1ccsc1-c1ncc(NC)c(Cl)n1. The summed E-state index contributed by atoms with van der Waals surface area (Å²) in [4.78, 5) is 22.0. The zero-order chi connectivity index (χ0) is 16.4. The molecule has 23 heavy (non-hydrogen) atoms. The van der Waals surface area contributed by atoms with Crippen molar-refractivity contribution in [2.75, 3.05) is 19.4 Å². The van der Waals surface area contributed by atoms with Gasteiger partial charge >= 0.3 is 0 Å². The monoisotopic (exact) mass is 350 g/mol. The molecular formula is C16H19ClN4OS. The second-order valence-corrected chi connectivity index (χ2v) is 6.89. The second kappa shape index (κ2) is 6.84. The first-order chi connectivity index (χ1) is 11.2. The third-order valence-corrected chi connectivity index (χ3v) is 5.62. The van der Waals surface area contributed by atoms with Gasteiger partial charge in [-0.1, -0.05) is 18.0 Å². The molecule has 0 spiro atoms. The summed E-state index contributed by atoms with van der Waals surface area (Å²) in [5.74, 6) is 0.999. The van der Waals surface area contributed by atoms with Crippen LogP contribution in [0.2, 0.25) is 5.15 Å². The minimum absolute atomic E-state index is 0.0282. The van der Waals surface area contributed by atoms with E-state index in [4.69, 9.17) is 11.6 Å². The predicted octanol–water partition coefficient (Wildman–Crippen LogP) is 3.53. The molecule has 2 aromatic heterocycles. The summed E-state index contributed by atoms with van der Waals surface area (Å²) in [6.45, 7) is 0. The van der Waals surface area contributed by atoms with Gasteiger partial charge in [-0.05, 0) is 35.8 Å². The number of rotatable bonds is 4. The lowest BCUT2D eigenvalue weighted by Crippen LogP contribution is -2.28. The van der Waals surface area contributed by atoms with Crippen molar-refractivity contribution in [2.24, 2.45) is 5.92 Å². The number of aromatic nitrogens is 2. The van der Waals surface area contributed by atoms with Crippen LogP contribution in [0.1, 0.15) is 30.7 Å². The molecule has 0 radical (unpaired) electrons. The van der Waals surface area contributed by atoms with E-state index in [0.717, 1.165) is 29.7 Å². The van der Waals surface area contributed by atoms with E-state index in [0.29, 0.717) is 16.7 Å². The maximum atomic E-state index is 12.1. The number of amides is 1. The summed E-state index contributed by atoms with van der Waals surface area (Å²) in [5, 5.41) is 8.19. The highest BCUT2D eigenvalue weighted by atomic mass is 35.5. The molecule has 0 aromatic carbocycles. The lowest BCUT2D eigenvalue weighted by molar-refractivity contribution is -0.124. The second-order valence-electron chi connectivity index (χ2n) is 5.61. The van der Waals surface area contributed by atoms with Gasteiger partial charge < -0.3 is 10.6 Å². The van der Waals surface area contributed by atoms with E-state index in [2.05, 4.69) is 26.7 Å². The Hall–Kier alpha value is -1.66. The molecule has 122 valence electrons. The summed E-state index contributed by atoms with van der Waals surface area (Å²) in [7, 11) is 3.49. The Bertz CT molecular complexity index is 718. The smallest absolute Gasteiger partial charge is 0.223 e. The summed E-state index contributed by atoms with van der Waals surface area (Å²) < 4.78 is 0. The Morgan fingerprint density at radius 2 is 2.22 bits per heavy atom. The quantitative estimate of drug-likeness (QED) is 0.828. The van der Waals surface area contributed by atoms with Gasteiger partial charge in [-0.2, -0.15) is 0 Å². The lowest BCUT2D eigenvalue weighted by Gasteiger charge is -2.18. The molecule has 1 amide bonds. The average Bonchev–Trinajstić information content (AvgIpc) is 3.22. The maximum absolute atomic E-state index is 12.1. The van der Waals surface area contributed by atoms with E-state index in [9.17, 15) is 4.79 Å². The van der Waals surface area contributed by atoms with Gasteiger partial charge in [0.25, 0.3) is 0 Å². The Morgan fingerprint density at radius 1 is 1.39 bits per heavy atom. The van der Waals surface area contributed by atoms with Gasteiger partial charge in [0.05, 0.1) is 16.8 Å². The predicted molar refractivity (Wildman–Crippen MR) is 94.1 cm³/mol. The van der Waals surface area contributed by atoms with Gasteiger partial charge in [-0.3, -0.25) is 4.79 Å². The summed E-state index contributed by atoms with van der Waals surface area (Å²) >= 11 is 7.78. The molecule has 7 heteroatoms. The van der Waals surface area contributed by atoms with Crippen molar-refractivity contribution < 1.29 is 4.79 Å². The van der Waals surface area contributed by atoms with E-state index in [-0.39, 0.29) is 17.7 Å². The van der Waals surface area contributed by atoms with Crippen LogP contribution in [0.4, 0.5) is 5.69 Å². The van der Waals surface area contributed by atoms with Crippen molar-refractivity contribution in [2.45, 2.75) is 25.2 Å². The summed E-state index contributed by atoms with van der Waals surface area (Å²) in [6.07, 6.45) is 4.71. The number of carbonyl (C=O) groups is 1. The average molecular weight is 351 g/mol. The van der Waals surface area contributed by atoms with E-state index < -0.39 is 0 Å². The van der Waals surface area contributed by atoms with Crippen molar-refractivity contribution >= 4 is 34.5 Å². The minimum Gasteiger partial charge on any atom is -0.384 e. The highest BCUT2D eigenvalue weighted by Gasteiger charge is 2.35. The number of nitrogens with zero attached hydrogens (tertiary/aromatic N) is 2. The molecule has 1 aliphatic rings. The minimum atomic E-state index is 0.0282. The molecule has 2 atom stereocenters. The van der Waals surface area contributed by atoms with Crippen LogP contribution in [0, 0.1) is 5.92 Å². The van der Waals surface area contributed by atoms with Gasteiger partial charge in [-0.15, -0.1) is 11.3 Å². The van der Waals surface area contributed by atoms with Gasteiger partial charge in [0.15, 0.2) is 11.0 Å². The number of nitrogens with one attached hydrogen (secondary N) is 2. The van der Waals surface area contributed by atoms with Crippen LogP contribution < -0.4 is 10.6 Å². The number of carbonyl (C=O) groups excluding carboxylic acids is 1. The number of halogens is 1. The molecule has 3 rings (SSSR count). The first-order valence-electron chi connectivity index (χ1n) is 7.65. The highest BCUT2D eigenvalue weighted by Crippen LogP contribution is 2.45. The van der Waals surface area contributed by atoms with Crippen molar-refractivity contribution in [3.63, 3.8) is 0 Å². The molecule has 1 saturated carbocycles. The molecule has 1 aliphatic carbocycles. The molecule has 0 saturated heterocycles. The third-order valence-electron chi connectivity index (χ3n) is 4.41. The largest absolute Gasteiger partial charge is 0.384 e. The number of anilines is 1. The fourth-order valence-electron chi connectivity index (χ4n) is 3.26. The van der Waals surface area contributed by atoms with Gasteiger partial charge in [0.1, 0.15) is 0 Å². The Morgan fingerprint density at radius 3 is 2.91 bits per heavy atom. The summed E-state index contributed by atoms with van der Waals surface area (Å²) in [5.41, 5.74) is 1.87. The molecular weight excluding hydrogens is 332 g/mol. The molecule has 0 bridgehead atoms. The van der Waals surface area contributed by atoms with Gasteiger partial charge in [0, 0.05) is 20.0 Å². The Balaban J connectivity index is 1.96. The number of hydrogen-bond acceptors (Lipinski definition) is 5. The molecule has 0 unspecified atom stereocenters. The molecule has 0 aliphatic heterocycles. The molecule has 2 aromatic rings. The number of hydrogen-bond donors (Lipinski definition) is 2. The molecule has 2 N–H and O–H groups in total. The summed E-state index contributed by atoms with van der Waals surface area (Å²) in [6, 6.07) is 2.09. The van der Waals surface area contributed by atoms with Crippen LogP contribution >= 0.6 is 22.9 Å². The zero-order valence-electron chi connectivity index (χ0n) is 13.1. The van der Waals surface area contributed by atoms with Crippen molar-refractivity contribution in [3.05, 3.63) is 28.4 Å². The molecule has 5 nitrogen and oxygen atoms in total. The van der Waals surface area contributed by atoms with Gasteiger partial charge in [-0.25, -0.2) is 9.97 Å². The standard InChI is InChI=1S/C16H19ClN4OS/c1-18-12-8-20-15(21-14(12)17)13-10(6-7-23-13)9-4-3-5-11(9)16(22)19-2/h6-9,11,18H,3-5H2,1-2H3,(H,19,22)/t9-,11+/m0/s1. The topological polar surface area (TPSA) is 66.9 Å². The van der Waals surface area contributed by atoms with E-state index in [1.165, 1.54) is 0 Å². The highest BCUT2D eigenvalue weighted by molar-refractivity contribution is 7.13. The maximum Gasteiger partial charge on any atom is 0.223 e. The number of thiophene rings is 1. The van der Waals surface area contributed by atoms with Crippen molar-refractivity contribution in [1.29, 1.82) is 0 Å². The van der Waals surface area contributed by atoms with Gasteiger partial charge in [0.2, 0.25) is 5.91 Å². The van der Waals surface area contributed by atoms with Crippen LogP contribution in [-0.4, -0.2) is 30.0 Å². The van der Waals surface area contributed by atoms with Crippen LogP contribution in [-0.2, 0) is 4.79 Å². The normalized spacial score (nSPS) is 20.5. The zero-order valence-corrected chi connectivity index (χ0v) is 14.7. The molecule has 1 fully saturated rings. The molecule has 2 heterocycles. The first-order valence-corrected chi connectivity index (χ1v) is 8.91. The fraction of sp³-hybridized carbons (Fsp3) is 0.438. The lowest BCUT2D eigenvalue weighted by atomic mass is 9.88. The van der Waals surface area contributed by atoms with E-state index >= 15 is 0 Å². The fourth-order valence-corrected chi connectivity index (χ4v) is 4.40. The van der Waals surface area contributed by atoms with Crippen LogP contribution in [0.25, 0.3) is 10.7 Å². The van der Waals surface area contributed by atoms with Crippen LogP contribution in [0.15, 0.2) is 17.6 Å². The van der Waals surface area contributed by atoms with Crippen LogP contribution in [0.5, 0.6) is 0 Å². The van der Waals surface area contributed by atoms with Crippen LogP contribution in [0.3, 0.4) is 0 Å². The van der Waals surface area contributed by atoms with Crippen molar-refractivity contribution in [3.8, 4) is 10.7 Å². The first kappa shape index (κ1) is 16.2. The van der Waals surface area contributed by atoms with Crippen molar-refractivity contribution in [1.82, 2.24) is 15.3 Å².